The predicted molar refractivity (Wildman–Crippen MR) is 138 cm³/mol. The van der Waals surface area contributed by atoms with E-state index in [0.29, 0.717) is 23.1 Å². The first-order chi connectivity index (χ1) is 17.0. The van der Waals surface area contributed by atoms with Crippen molar-refractivity contribution in [2.24, 2.45) is 22.2 Å². The number of nitrogens with zero attached hydrogens (tertiary/aromatic N) is 2. The fourth-order valence-corrected chi connectivity index (χ4v) is 6.18. The molecule has 1 heterocycles. The van der Waals surface area contributed by atoms with Crippen molar-refractivity contribution in [2.75, 3.05) is 0 Å². The molecule has 0 aromatic heterocycles. The molecule has 36 heavy (non-hydrogen) atoms. The summed E-state index contributed by atoms with van der Waals surface area (Å²) < 4.78 is 13.9. The van der Waals surface area contributed by atoms with Gasteiger partial charge in [-0.2, -0.15) is 0 Å². The second-order valence-electron chi connectivity index (χ2n) is 11.6. The molecule has 2 aromatic rings. The van der Waals surface area contributed by atoms with Crippen LogP contribution in [0.3, 0.4) is 0 Å². The molecule has 1 amide bonds. The molecule has 2 fully saturated rings. The zero-order chi connectivity index (χ0) is 25.8. The van der Waals surface area contributed by atoms with E-state index < -0.39 is 17.4 Å². The van der Waals surface area contributed by atoms with Gasteiger partial charge in [-0.15, -0.1) is 0 Å². The summed E-state index contributed by atoms with van der Waals surface area (Å²) in [6.07, 6.45) is 5.46. The van der Waals surface area contributed by atoms with Gasteiger partial charge in [-0.05, 0) is 91.7 Å². The maximum atomic E-state index is 14.1. The highest BCUT2D eigenvalue weighted by atomic mass is 35.5. The molecule has 0 radical (unpaired) electrons. The third kappa shape index (κ3) is 4.45. The van der Waals surface area contributed by atoms with Gasteiger partial charge in [-0.3, -0.25) is 9.79 Å². The maximum Gasteiger partial charge on any atom is 0.335 e. The maximum absolute atomic E-state index is 14.1. The Hall–Kier alpha value is -2.73. The summed E-state index contributed by atoms with van der Waals surface area (Å²) in [5.41, 5.74) is 1.52. The van der Waals surface area contributed by atoms with E-state index in [0.717, 1.165) is 44.1 Å². The van der Waals surface area contributed by atoms with Gasteiger partial charge in [-0.25, -0.2) is 9.18 Å². The van der Waals surface area contributed by atoms with Crippen LogP contribution in [0.2, 0.25) is 5.02 Å². The zero-order valence-electron chi connectivity index (χ0n) is 20.9. The number of amides is 1. The van der Waals surface area contributed by atoms with Crippen LogP contribution in [-0.4, -0.2) is 33.3 Å². The van der Waals surface area contributed by atoms with Crippen molar-refractivity contribution in [3.8, 4) is 0 Å². The average molecular weight is 511 g/mol. The second kappa shape index (κ2) is 8.98. The number of hydrogen-bond donors (Lipinski definition) is 1. The second-order valence-corrected chi connectivity index (χ2v) is 12.0. The van der Waals surface area contributed by atoms with Crippen LogP contribution in [0.1, 0.15) is 86.8 Å². The molecule has 1 N–H and O–H groups in total. The lowest BCUT2D eigenvalue weighted by atomic mass is 9.69. The third-order valence-electron chi connectivity index (χ3n) is 8.24. The first kappa shape index (κ1) is 24.9. The Morgan fingerprint density at radius 2 is 1.75 bits per heavy atom. The number of carbonyl (C=O) groups excluding carboxylic acids is 1. The first-order valence-corrected chi connectivity index (χ1v) is 13.1. The van der Waals surface area contributed by atoms with Crippen molar-refractivity contribution >= 4 is 29.2 Å². The lowest BCUT2D eigenvalue weighted by Gasteiger charge is -2.47. The van der Waals surface area contributed by atoms with Crippen LogP contribution < -0.4 is 0 Å². The van der Waals surface area contributed by atoms with Crippen LogP contribution in [0.15, 0.2) is 47.5 Å². The predicted octanol–water partition coefficient (Wildman–Crippen LogP) is 6.89. The first-order valence-electron chi connectivity index (χ1n) is 12.7. The average Bonchev–Trinajstić information content (AvgIpc) is 3.63. The highest BCUT2D eigenvalue weighted by molar-refractivity contribution is 6.47. The number of carboxylic acid groups (broad SMARTS) is 1. The summed E-state index contributed by atoms with van der Waals surface area (Å²) in [5.74, 6) is -0.830. The molecule has 5 nitrogen and oxygen atoms in total. The number of carbonyl (C=O) groups is 2. The zero-order valence-corrected chi connectivity index (χ0v) is 21.7. The summed E-state index contributed by atoms with van der Waals surface area (Å²) in [7, 11) is 0. The molecule has 0 bridgehead atoms. The SMILES string of the molecule is CC(C)(C)C1CCC2(CC1)N=C(c1ccc(F)c(Cl)c1)C(=O)N2C(c1ccc(C(=O)O)cc1)C1CC1. The number of halogens is 2. The number of hydrogen-bond acceptors (Lipinski definition) is 3. The van der Waals surface area contributed by atoms with E-state index >= 15 is 0 Å². The van der Waals surface area contributed by atoms with Crippen LogP contribution in [0, 0.1) is 23.1 Å². The van der Waals surface area contributed by atoms with Gasteiger partial charge in [0.15, 0.2) is 0 Å². The Labute approximate surface area is 216 Å². The largest absolute Gasteiger partial charge is 0.478 e. The van der Waals surface area contributed by atoms with Crippen molar-refractivity contribution in [3.63, 3.8) is 0 Å². The normalized spacial score (nSPS) is 25.2. The summed E-state index contributed by atoms with van der Waals surface area (Å²) in [4.78, 5) is 32.7. The van der Waals surface area contributed by atoms with Crippen molar-refractivity contribution in [1.29, 1.82) is 0 Å². The molecule has 5 rings (SSSR count). The lowest BCUT2D eigenvalue weighted by molar-refractivity contribution is -0.134. The number of benzene rings is 2. The highest BCUT2D eigenvalue weighted by Gasteiger charge is 2.55. The molecule has 2 aromatic carbocycles. The van der Waals surface area contributed by atoms with Crippen LogP contribution in [0.25, 0.3) is 0 Å². The van der Waals surface area contributed by atoms with E-state index in [1.165, 1.54) is 12.1 Å². The third-order valence-corrected chi connectivity index (χ3v) is 8.53. The summed E-state index contributed by atoms with van der Waals surface area (Å²) >= 11 is 6.08. The fraction of sp³-hybridized carbons (Fsp3) is 0.483. The molecule has 7 heteroatoms. The van der Waals surface area contributed by atoms with E-state index in [4.69, 9.17) is 16.6 Å². The van der Waals surface area contributed by atoms with E-state index in [9.17, 15) is 19.1 Å². The Morgan fingerprint density at radius 3 is 2.28 bits per heavy atom. The van der Waals surface area contributed by atoms with Crippen molar-refractivity contribution in [3.05, 3.63) is 70.0 Å². The van der Waals surface area contributed by atoms with E-state index in [1.807, 2.05) is 17.0 Å². The monoisotopic (exact) mass is 510 g/mol. The van der Waals surface area contributed by atoms with Gasteiger partial charge in [0.1, 0.15) is 17.2 Å². The van der Waals surface area contributed by atoms with Crippen molar-refractivity contribution in [2.45, 2.75) is 71.0 Å². The van der Waals surface area contributed by atoms with Gasteiger partial charge in [0.2, 0.25) is 0 Å². The van der Waals surface area contributed by atoms with E-state index in [-0.39, 0.29) is 28.0 Å². The molecular formula is C29H32ClFN2O3. The van der Waals surface area contributed by atoms with Crippen molar-refractivity contribution < 1.29 is 19.1 Å². The summed E-state index contributed by atoms with van der Waals surface area (Å²) in [6, 6.07) is 11.0. The van der Waals surface area contributed by atoms with Gasteiger partial charge < -0.3 is 10.0 Å². The minimum atomic E-state index is -0.974. The van der Waals surface area contributed by atoms with E-state index in [1.54, 1.807) is 18.2 Å². The van der Waals surface area contributed by atoms with Crippen LogP contribution in [-0.2, 0) is 4.79 Å². The molecule has 1 atom stereocenters. The summed E-state index contributed by atoms with van der Waals surface area (Å²) in [5, 5.41) is 9.33. The van der Waals surface area contributed by atoms with E-state index in [2.05, 4.69) is 20.8 Å². The lowest BCUT2D eigenvalue weighted by Crippen LogP contribution is -2.52. The number of rotatable bonds is 5. The molecule has 1 spiro atoms. The molecule has 2 aliphatic carbocycles. The van der Waals surface area contributed by atoms with Crippen LogP contribution in [0.5, 0.6) is 0 Å². The van der Waals surface area contributed by atoms with Gasteiger partial charge in [0.25, 0.3) is 5.91 Å². The molecule has 0 saturated heterocycles. The number of aromatic carboxylic acids is 1. The number of carboxylic acids is 1. The Balaban J connectivity index is 1.57. The summed E-state index contributed by atoms with van der Waals surface area (Å²) in [6.45, 7) is 6.79. The topological polar surface area (TPSA) is 70.0 Å². The van der Waals surface area contributed by atoms with Gasteiger partial charge in [-0.1, -0.05) is 44.5 Å². The molecule has 1 unspecified atom stereocenters. The molecule has 3 aliphatic rings. The van der Waals surface area contributed by atoms with Gasteiger partial charge in [0.05, 0.1) is 16.6 Å². The molecule has 2 saturated carbocycles. The Morgan fingerprint density at radius 1 is 1.11 bits per heavy atom. The van der Waals surface area contributed by atoms with Crippen LogP contribution in [0.4, 0.5) is 4.39 Å². The minimum Gasteiger partial charge on any atom is -0.478 e. The fourth-order valence-electron chi connectivity index (χ4n) is 6.00. The molecule has 1 aliphatic heterocycles. The van der Waals surface area contributed by atoms with Crippen molar-refractivity contribution in [1.82, 2.24) is 4.90 Å². The Bertz CT molecular complexity index is 1220. The molecular weight excluding hydrogens is 479 g/mol. The minimum absolute atomic E-state index is 0.0325. The van der Waals surface area contributed by atoms with Gasteiger partial charge in [0, 0.05) is 5.56 Å². The molecule has 190 valence electrons. The smallest absolute Gasteiger partial charge is 0.335 e. The van der Waals surface area contributed by atoms with Crippen LogP contribution >= 0.6 is 11.6 Å². The van der Waals surface area contributed by atoms with Gasteiger partial charge >= 0.3 is 5.97 Å². The Kier molecular flexibility index (Phi) is 6.22. The quantitative estimate of drug-likeness (QED) is 0.476. The standard InChI is InChI=1S/C29H32ClFN2O3/c1-28(2,3)21-12-14-29(15-13-21)32-24(20-10-11-23(31)22(30)16-20)26(34)33(29)25(17-4-5-17)18-6-8-19(9-7-18)27(35)36/h6-11,16-17,21,25H,4-5,12-15H2,1-3H3,(H,35,36). The highest BCUT2D eigenvalue weighted by Crippen LogP contribution is 2.54. The number of aliphatic imine (C=N–C) groups is 1.